The maximum absolute atomic E-state index is 12.5. The number of carbonyl (C=O) groups excluding carboxylic acids is 1. The summed E-state index contributed by atoms with van der Waals surface area (Å²) in [6.07, 6.45) is 2.68. The van der Waals surface area contributed by atoms with Crippen molar-refractivity contribution in [3.05, 3.63) is 22.9 Å². The van der Waals surface area contributed by atoms with Gasteiger partial charge in [0, 0.05) is 5.69 Å². The predicted molar refractivity (Wildman–Crippen MR) is 72.4 cm³/mol. The first-order valence-corrected chi connectivity index (χ1v) is 8.27. The van der Waals surface area contributed by atoms with Crippen LogP contribution in [0.25, 0.3) is 0 Å². The number of carbonyl (C=O) groups is 1. The van der Waals surface area contributed by atoms with Crippen molar-refractivity contribution in [2.75, 3.05) is 6.61 Å². The van der Waals surface area contributed by atoms with E-state index in [4.69, 9.17) is 4.74 Å². The van der Waals surface area contributed by atoms with Crippen molar-refractivity contribution in [3.63, 3.8) is 0 Å². The third-order valence-corrected chi connectivity index (χ3v) is 4.18. The van der Waals surface area contributed by atoms with Crippen LogP contribution in [0.3, 0.4) is 0 Å². The molecule has 0 N–H and O–H groups in total. The molecule has 0 unspecified atom stereocenters. The molecular weight excluding hydrogens is 339 g/mol. The van der Waals surface area contributed by atoms with E-state index in [1.807, 2.05) is 0 Å². The van der Waals surface area contributed by atoms with E-state index in [0.29, 0.717) is 24.1 Å². The monoisotopic (exact) mass is 353 g/mol. The molecule has 0 amide bonds. The third kappa shape index (κ3) is 3.74. The predicted octanol–water partition coefficient (Wildman–Crippen LogP) is 2.37. The van der Waals surface area contributed by atoms with Crippen molar-refractivity contribution < 1.29 is 35.3 Å². The van der Waals surface area contributed by atoms with E-state index in [0.717, 1.165) is 12.8 Å². The molecule has 0 atom stereocenters. The van der Waals surface area contributed by atoms with Gasteiger partial charge in [0.1, 0.15) is 5.56 Å². The van der Waals surface area contributed by atoms with Gasteiger partial charge in [-0.3, -0.25) is 0 Å². The molecule has 0 saturated heterocycles. The largest absolute Gasteiger partial charge is 0.534 e. The molecule has 0 saturated carbocycles. The van der Waals surface area contributed by atoms with Gasteiger partial charge in [0.05, 0.1) is 6.61 Å². The Kier molecular flexibility index (Phi) is 4.83. The van der Waals surface area contributed by atoms with Crippen molar-refractivity contribution in [2.24, 2.45) is 0 Å². The number of hydrogen-bond donors (Lipinski definition) is 0. The van der Waals surface area contributed by atoms with Crippen LogP contribution in [-0.4, -0.2) is 31.5 Å². The summed E-state index contributed by atoms with van der Waals surface area (Å²) in [6, 6.07) is 1.29. The van der Waals surface area contributed by atoms with Crippen LogP contribution in [0, 0.1) is 0 Å². The topological polar surface area (TPSA) is 82.6 Å². The van der Waals surface area contributed by atoms with Gasteiger partial charge in [-0.1, -0.05) is 0 Å². The van der Waals surface area contributed by atoms with E-state index in [1.54, 1.807) is 0 Å². The second kappa shape index (κ2) is 6.34. The maximum atomic E-state index is 12.5. The molecule has 0 aromatic carbocycles. The van der Waals surface area contributed by atoms with E-state index in [1.165, 1.54) is 13.0 Å². The summed E-state index contributed by atoms with van der Waals surface area (Å²) in [6.45, 7) is 1.48. The van der Waals surface area contributed by atoms with Gasteiger partial charge in [-0.15, -0.1) is 0 Å². The van der Waals surface area contributed by atoms with Crippen LogP contribution in [0.2, 0.25) is 0 Å². The summed E-state index contributed by atoms with van der Waals surface area (Å²) >= 11 is 0. The molecule has 1 heterocycles. The fourth-order valence-electron chi connectivity index (χ4n) is 2.18. The zero-order valence-electron chi connectivity index (χ0n) is 12.1. The highest BCUT2D eigenvalue weighted by Gasteiger charge is 2.49. The second-order valence-corrected chi connectivity index (χ2v) is 6.40. The lowest BCUT2D eigenvalue weighted by molar-refractivity contribution is -0.0502. The van der Waals surface area contributed by atoms with Crippen LogP contribution in [0.4, 0.5) is 13.2 Å². The summed E-state index contributed by atoms with van der Waals surface area (Å²) in [4.78, 5) is 15.7. The Morgan fingerprint density at radius 1 is 1.30 bits per heavy atom. The summed E-state index contributed by atoms with van der Waals surface area (Å²) in [7, 11) is -5.92. The van der Waals surface area contributed by atoms with Crippen molar-refractivity contribution in [1.82, 2.24) is 4.98 Å². The molecule has 1 aliphatic carbocycles. The van der Waals surface area contributed by atoms with Gasteiger partial charge in [0.25, 0.3) is 0 Å². The molecule has 6 nitrogen and oxygen atoms in total. The summed E-state index contributed by atoms with van der Waals surface area (Å²) in [5.74, 6) is -1.89. The minimum absolute atomic E-state index is 0.0264. The number of nitrogens with zero attached hydrogens (tertiary/aromatic N) is 1. The normalized spacial score (nSPS) is 15.0. The van der Waals surface area contributed by atoms with Crippen molar-refractivity contribution in [3.8, 4) is 5.88 Å². The number of pyridine rings is 1. The van der Waals surface area contributed by atoms with E-state index in [-0.39, 0.29) is 6.61 Å². The Bertz CT molecular complexity index is 715. The Balaban J connectivity index is 2.49. The first kappa shape index (κ1) is 17.5. The summed E-state index contributed by atoms with van der Waals surface area (Å²) in [5.41, 5.74) is -4.94. The molecule has 0 fully saturated rings. The standard InChI is InChI=1S/C13H14F3NO5S/c1-2-21-12(18)9-7-8-5-3-4-6-10(8)17-11(9)22-23(19,20)13(14,15)16/h7H,2-6H2,1H3. The van der Waals surface area contributed by atoms with Gasteiger partial charge in [-0.2, -0.15) is 21.6 Å². The average molecular weight is 353 g/mol. The number of fused-ring (bicyclic) bond motifs is 1. The highest BCUT2D eigenvalue weighted by Crippen LogP contribution is 2.31. The van der Waals surface area contributed by atoms with Crippen LogP contribution in [0.15, 0.2) is 6.07 Å². The molecule has 0 aliphatic heterocycles. The Labute approximate surface area is 130 Å². The molecule has 1 aromatic heterocycles. The molecule has 1 aromatic rings. The second-order valence-electron chi connectivity index (χ2n) is 4.86. The maximum Gasteiger partial charge on any atom is 0.534 e. The lowest BCUT2D eigenvalue weighted by atomic mass is 9.95. The molecule has 128 valence electrons. The molecule has 0 bridgehead atoms. The molecule has 23 heavy (non-hydrogen) atoms. The van der Waals surface area contributed by atoms with Crippen molar-refractivity contribution in [1.29, 1.82) is 0 Å². The van der Waals surface area contributed by atoms with Crippen LogP contribution in [0.1, 0.15) is 41.4 Å². The highest BCUT2D eigenvalue weighted by atomic mass is 32.2. The summed E-state index contributed by atoms with van der Waals surface area (Å²) in [5, 5.41) is 0. The number of halogens is 3. The van der Waals surface area contributed by atoms with Gasteiger partial charge in [-0.25, -0.2) is 9.78 Å². The van der Waals surface area contributed by atoms with Gasteiger partial charge in [0.15, 0.2) is 0 Å². The quantitative estimate of drug-likeness (QED) is 0.469. The lowest BCUT2D eigenvalue weighted by Gasteiger charge is -2.18. The molecule has 1 aliphatic rings. The molecular formula is C13H14F3NO5S. The van der Waals surface area contributed by atoms with Crippen LogP contribution in [-0.2, 0) is 27.7 Å². The zero-order chi connectivity index (χ0) is 17.3. The molecule has 0 spiro atoms. The fourth-order valence-corrected chi connectivity index (χ4v) is 2.61. The van der Waals surface area contributed by atoms with Gasteiger partial charge < -0.3 is 8.92 Å². The third-order valence-electron chi connectivity index (χ3n) is 3.23. The zero-order valence-corrected chi connectivity index (χ0v) is 13.0. The smallest absolute Gasteiger partial charge is 0.462 e. The number of aryl methyl sites for hydroxylation is 2. The number of aromatic nitrogens is 1. The fraction of sp³-hybridized carbons (Fsp3) is 0.538. The highest BCUT2D eigenvalue weighted by molar-refractivity contribution is 7.87. The average Bonchev–Trinajstić information content (AvgIpc) is 2.45. The van der Waals surface area contributed by atoms with Crippen LogP contribution < -0.4 is 4.18 Å². The van der Waals surface area contributed by atoms with Gasteiger partial charge >= 0.3 is 21.6 Å². The lowest BCUT2D eigenvalue weighted by Crippen LogP contribution is -2.29. The van der Waals surface area contributed by atoms with Gasteiger partial charge in [-0.05, 0) is 44.2 Å². The van der Waals surface area contributed by atoms with E-state index in [9.17, 15) is 26.4 Å². The number of alkyl halides is 3. The first-order valence-electron chi connectivity index (χ1n) is 6.86. The molecule has 2 rings (SSSR count). The number of ether oxygens (including phenoxy) is 1. The SMILES string of the molecule is CCOC(=O)c1cc2c(nc1OS(=O)(=O)C(F)(F)F)CCCC2. The first-order chi connectivity index (χ1) is 10.7. The Morgan fingerprint density at radius 2 is 1.96 bits per heavy atom. The van der Waals surface area contributed by atoms with E-state index >= 15 is 0 Å². The number of esters is 1. The van der Waals surface area contributed by atoms with Crippen LogP contribution >= 0.6 is 0 Å². The van der Waals surface area contributed by atoms with Crippen molar-refractivity contribution >= 4 is 16.1 Å². The van der Waals surface area contributed by atoms with E-state index in [2.05, 4.69) is 9.17 Å². The van der Waals surface area contributed by atoms with Gasteiger partial charge in [0.2, 0.25) is 5.88 Å². The van der Waals surface area contributed by atoms with Crippen molar-refractivity contribution in [2.45, 2.75) is 38.1 Å². The molecule has 0 radical (unpaired) electrons. The van der Waals surface area contributed by atoms with E-state index < -0.39 is 33.0 Å². The minimum Gasteiger partial charge on any atom is -0.462 e. The van der Waals surface area contributed by atoms with Crippen LogP contribution in [0.5, 0.6) is 5.88 Å². The number of hydrogen-bond acceptors (Lipinski definition) is 6. The molecule has 10 heteroatoms. The summed E-state index contributed by atoms with van der Waals surface area (Å²) < 4.78 is 68.6. The Hall–Kier alpha value is -1.84. The minimum atomic E-state index is -5.92. The Morgan fingerprint density at radius 3 is 2.57 bits per heavy atom. The number of rotatable bonds is 4.